The van der Waals surface area contributed by atoms with E-state index < -0.39 is 0 Å². The third-order valence-electron chi connectivity index (χ3n) is 2.25. The second kappa shape index (κ2) is 6.87. The zero-order valence-corrected chi connectivity index (χ0v) is 9.90. The van der Waals surface area contributed by atoms with Gasteiger partial charge in [0.2, 0.25) is 5.75 Å². The van der Waals surface area contributed by atoms with E-state index in [0.29, 0.717) is 18.8 Å². The summed E-state index contributed by atoms with van der Waals surface area (Å²) in [6.45, 7) is 0.421. The Kier molecular flexibility index (Phi) is 5.44. The molecule has 3 N–H and O–H groups in total. The topological polar surface area (TPSA) is 96.5 Å². The van der Waals surface area contributed by atoms with Crippen molar-refractivity contribution in [3.05, 3.63) is 16.7 Å². The summed E-state index contributed by atoms with van der Waals surface area (Å²) in [7, 11) is 2.97. The van der Waals surface area contributed by atoms with E-state index in [1.165, 1.54) is 13.4 Å². The number of rotatable bonds is 7. The molecule has 1 aromatic rings. The number of nitrogens with one attached hydrogen (secondary N) is 2. The van der Waals surface area contributed by atoms with E-state index in [0.717, 1.165) is 0 Å². The molecule has 17 heavy (non-hydrogen) atoms. The first-order chi connectivity index (χ1) is 8.22. The van der Waals surface area contributed by atoms with Crippen molar-refractivity contribution < 1.29 is 14.6 Å². The van der Waals surface area contributed by atoms with Crippen LogP contribution in [-0.2, 0) is 4.74 Å². The molecule has 0 aliphatic heterocycles. The second-order valence-electron chi connectivity index (χ2n) is 3.42. The zero-order chi connectivity index (χ0) is 12.7. The minimum absolute atomic E-state index is 0.0823. The van der Waals surface area contributed by atoms with Gasteiger partial charge in [-0.2, -0.15) is 0 Å². The highest BCUT2D eigenvalue weighted by Gasteiger charge is 2.13. The maximum absolute atomic E-state index is 11.4. The predicted octanol–water partition coefficient (Wildman–Crippen LogP) is -0.412. The Morgan fingerprint density at radius 1 is 1.59 bits per heavy atom. The predicted molar refractivity (Wildman–Crippen MR) is 62.4 cm³/mol. The van der Waals surface area contributed by atoms with Gasteiger partial charge in [0.15, 0.2) is 5.82 Å². The van der Waals surface area contributed by atoms with Gasteiger partial charge in [-0.25, -0.2) is 4.98 Å². The number of aromatic amines is 1. The highest BCUT2D eigenvalue weighted by Crippen LogP contribution is 2.16. The fraction of sp³-hybridized carbons (Fsp3) is 0.600. The Hall–Kier alpha value is -1.60. The van der Waals surface area contributed by atoms with Crippen LogP contribution in [0.5, 0.6) is 5.75 Å². The number of anilines is 1. The van der Waals surface area contributed by atoms with Crippen LogP contribution in [0.2, 0.25) is 0 Å². The summed E-state index contributed by atoms with van der Waals surface area (Å²) in [5, 5.41) is 12.1. The highest BCUT2D eigenvalue weighted by molar-refractivity contribution is 5.48. The monoisotopic (exact) mass is 243 g/mol. The largest absolute Gasteiger partial charge is 0.489 e. The summed E-state index contributed by atoms with van der Waals surface area (Å²) in [6.07, 6.45) is 1.88. The smallest absolute Gasteiger partial charge is 0.295 e. The molecule has 7 nitrogen and oxygen atoms in total. The van der Waals surface area contributed by atoms with Gasteiger partial charge in [0.25, 0.3) is 5.56 Å². The minimum Gasteiger partial charge on any atom is -0.489 e. The van der Waals surface area contributed by atoms with Crippen LogP contribution in [-0.4, -0.2) is 48.5 Å². The molecule has 0 amide bonds. The number of ether oxygens (including phenoxy) is 2. The Bertz CT molecular complexity index is 393. The third kappa shape index (κ3) is 3.72. The Morgan fingerprint density at radius 2 is 2.35 bits per heavy atom. The molecule has 1 heterocycles. The first-order valence-corrected chi connectivity index (χ1v) is 5.21. The standard InChI is InChI=1S/C10H17N3O4/c1-16-4-3-7(5-14)13-9-8(17-2)10(15)12-6-11-9/h6-7,14H,3-5H2,1-2H3,(H2,11,12,13,15). The van der Waals surface area contributed by atoms with Gasteiger partial charge in [0.1, 0.15) is 0 Å². The van der Waals surface area contributed by atoms with E-state index >= 15 is 0 Å². The van der Waals surface area contributed by atoms with Gasteiger partial charge in [0, 0.05) is 13.7 Å². The third-order valence-corrected chi connectivity index (χ3v) is 2.25. The number of aliphatic hydroxyl groups excluding tert-OH is 1. The molecule has 0 saturated carbocycles. The van der Waals surface area contributed by atoms with Crippen molar-refractivity contribution in [3.8, 4) is 5.75 Å². The lowest BCUT2D eigenvalue weighted by molar-refractivity contribution is 0.174. The number of aliphatic hydroxyl groups is 1. The lowest BCUT2D eigenvalue weighted by Gasteiger charge is -2.17. The maximum atomic E-state index is 11.4. The Morgan fingerprint density at radius 3 is 2.94 bits per heavy atom. The van der Waals surface area contributed by atoms with E-state index in [2.05, 4.69) is 15.3 Å². The number of nitrogens with zero attached hydrogens (tertiary/aromatic N) is 1. The summed E-state index contributed by atoms with van der Waals surface area (Å²) in [5.41, 5.74) is -0.367. The van der Waals surface area contributed by atoms with Crippen molar-refractivity contribution in [1.29, 1.82) is 0 Å². The highest BCUT2D eigenvalue weighted by atomic mass is 16.5. The van der Waals surface area contributed by atoms with Crippen molar-refractivity contribution in [2.75, 3.05) is 32.8 Å². The molecule has 0 aromatic carbocycles. The van der Waals surface area contributed by atoms with E-state index in [1.807, 2.05) is 0 Å². The molecule has 1 unspecified atom stereocenters. The number of aromatic nitrogens is 2. The van der Waals surface area contributed by atoms with Crippen molar-refractivity contribution in [1.82, 2.24) is 9.97 Å². The van der Waals surface area contributed by atoms with E-state index in [-0.39, 0.29) is 24.0 Å². The van der Waals surface area contributed by atoms with Gasteiger partial charge >= 0.3 is 0 Å². The molecule has 0 aliphatic carbocycles. The average Bonchev–Trinajstić information content (AvgIpc) is 2.34. The SMILES string of the molecule is COCCC(CO)Nc1nc[nH]c(=O)c1OC. The summed E-state index contributed by atoms with van der Waals surface area (Å²) in [4.78, 5) is 17.8. The van der Waals surface area contributed by atoms with E-state index in [9.17, 15) is 9.90 Å². The van der Waals surface area contributed by atoms with Crippen molar-refractivity contribution in [2.45, 2.75) is 12.5 Å². The van der Waals surface area contributed by atoms with E-state index in [1.54, 1.807) is 7.11 Å². The van der Waals surface area contributed by atoms with Gasteiger partial charge in [-0.3, -0.25) is 4.79 Å². The summed E-state index contributed by atoms with van der Waals surface area (Å²) in [6, 6.07) is -0.238. The molecular weight excluding hydrogens is 226 g/mol. The average molecular weight is 243 g/mol. The lowest BCUT2D eigenvalue weighted by atomic mass is 10.2. The van der Waals surface area contributed by atoms with Crippen molar-refractivity contribution >= 4 is 5.82 Å². The first kappa shape index (κ1) is 13.5. The normalized spacial score (nSPS) is 12.2. The molecular formula is C10H17N3O4. The van der Waals surface area contributed by atoms with Crippen molar-refractivity contribution in [2.24, 2.45) is 0 Å². The van der Waals surface area contributed by atoms with Gasteiger partial charge in [0.05, 0.1) is 26.1 Å². The summed E-state index contributed by atoms with van der Waals surface area (Å²) < 4.78 is 9.87. The summed E-state index contributed by atoms with van der Waals surface area (Å²) >= 11 is 0. The number of hydrogen-bond donors (Lipinski definition) is 3. The molecule has 1 rings (SSSR count). The Balaban J connectivity index is 2.78. The van der Waals surface area contributed by atoms with Gasteiger partial charge < -0.3 is 24.9 Å². The van der Waals surface area contributed by atoms with E-state index in [4.69, 9.17) is 9.47 Å². The van der Waals surface area contributed by atoms with Crippen molar-refractivity contribution in [3.63, 3.8) is 0 Å². The van der Waals surface area contributed by atoms with Crippen LogP contribution in [0.25, 0.3) is 0 Å². The van der Waals surface area contributed by atoms with Gasteiger partial charge in [-0.1, -0.05) is 0 Å². The van der Waals surface area contributed by atoms with Crippen LogP contribution in [0.15, 0.2) is 11.1 Å². The number of hydrogen-bond acceptors (Lipinski definition) is 6. The quantitative estimate of drug-likeness (QED) is 0.602. The fourth-order valence-electron chi connectivity index (χ4n) is 1.34. The molecule has 0 bridgehead atoms. The second-order valence-corrected chi connectivity index (χ2v) is 3.42. The van der Waals surface area contributed by atoms with Crippen LogP contribution < -0.4 is 15.6 Å². The first-order valence-electron chi connectivity index (χ1n) is 5.21. The van der Waals surface area contributed by atoms with Crippen LogP contribution in [0.1, 0.15) is 6.42 Å². The zero-order valence-electron chi connectivity index (χ0n) is 9.90. The molecule has 0 aliphatic rings. The fourth-order valence-corrected chi connectivity index (χ4v) is 1.34. The molecule has 1 atom stereocenters. The van der Waals surface area contributed by atoms with Crippen LogP contribution in [0, 0.1) is 0 Å². The molecule has 0 fully saturated rings. The van der Waals surface area contributed by atoms with Crippen LogP contribution >= 0.6 is 0 Å². The number of H-pyrrole nitrogens is 1. The lowest BCUT2D eigenvalue weighted by Crippen LogP contribution is -2.27. The molecule has 0 spiro atoms. The van der Waals surface area contributed by atoms with Crippen LogP contribution in [0.4, 0.5) is 5.82 Å². The maximum Gasteiger partial charge on any atom is 0.295 e. The molecule has 0 saturated heterocycles. The Labute approximate surface area is 98.8 Å². The minimum atomic E-state index is -0.367. The molecule has 0 radical (unpaired) electrons. The number of methoxy groups -OCH3 is 2. The molecule has 1 aromatic heterocycles. The van der Waals surface area contributed by atoms with Gasteiger partial charge in [-0.15, -0.1) is 0 Å². The van der Waals surface area contributed by atoms with Gasteiger partial charge in [-0.05, 0) is 6.42 Å². The molecule has 96 valence electrons. The summed E-state index contributed by atoms with van der Waals surface area (Å²) in [5.74, 6) is 0.412. The molecule has 7 heteroatoms. The van der Waals surface area contributed by atoms with Crippen LogP contribution in [0.3, 0.4) is 0 Å².